The molecular weight excluding hydrogens is 230 g/mol. The largest absolute Gasteiger partial charge is 0.198 e. The van der Waals surface area contributed by atoms with E-state index in [1.54, 1.807) is 0 Å². The van der Waals surface area contributed by atoms with Crippen LogP contribution in [0.3, 0.4) is 0 Å². The molecule has 2 fully saturated rings. The third-order valence-corrected chi connectivity index (χ3v) is 6.15. The lowest BCUT2D eigenvalue weighted by atomic mass is 9.48. The molecule has 106 valence electrons. The van der Waals surface area contributed by atoms with Crippen LogP contribution in [0, 0.1) is 34.0 Å². The summed E-state index contributed by atoms with van der Waals surface area (Å²) in [5, 5.41) is 9.80. The summed E-state index contributed by atoms with van der Waals surface area (Å²) in [4.78, 5) is 0. The van der Waals surface area contributed by atoms with E-state index in [0.29, 0.717) is 0 Å². The first kappa shape index (κ1) is 14.6. The van der Waals surface area contributed by atoms with Crippen molar-refractivity contribution in [2.24, 2.45) is 22.7 Å². The number of hydrogen-bond acceptors (Lipinski definition) is 1. The fourth-order valence-corrected chi connectivity index (χ4v) is 4.63. The van der Waals surface area contributed by atoms with Crippen molar-refractivity contribution >= 4 is 0 Å². The summed E-state index contributed by atoms with van der Waals surface area (Å²) in [5.74, 6) is 1.65. The van der Waals surface area contributed by atoms with Crippen LogP contribution in [0.25, 0.3) is 0 Å². The van der Waals surface area contributed by atoms with Gasteiger partial charge >= 0.3 is 0 Å². The van der Waals surface area contributed by atoms with Gasteiger partial charge in [0.15, 0.2) is 0 Å². The van der Waals surface area contributed by atoms with E-state index in [1.165, 1.54) is 37.7 Å². The molecular formula is C18H29N. The summed E-state index contributed by atoms with van der Waals surface area (Å²) in [7, 11) is 0. The molecule has 2 unspecified atom stereocenters. The molecule has 2 rings (SSSR count). The zero-order chi connectivity index (χ0) is 14.1. The van der Waals surface area contributed by atoms with Gasteiger partial charge in [-0.15, -0.1) is 0 Å². The van der Waals surface area contributed by atoms with Gasteiger partial charge in [0.1, 0.15) is 0 Å². The van der Waals surface area contributed by atoms with Crippen LogP contribution >= 0.6 is 0 Å². The average Bonchev–Trinajstić information content (AvgIpc) is 2.39. The van der Waals surface area contributed by atoms with E-state index in [1.807, 2.05) is 0 Å². The summed E-state index contributed by atoms with van der Waals surface area (Å²) >= 11 is 0. The summed E-state index contributed by atoms with van der Waals surface area (Å²) in [5.41, 5.74) is 1.43. The minimum atomic E-state index is -0.106. The van der Waals surface area contributed by atoms with Gasteiger partial charge in [-0.05, 0) is 55.8 Å². The number of allylic oxidation sites excluding steroid dienone is 1. The molecule has 0 bridgehead atoms. The van der Waals surface area contributed by atoms with Crippen molar-refractivity contribution in [3.8, 4) is 6.07 Å². The van der Waals surface area contributed by atoms with E-state index in [-0.39, 0.29) is 10.8 Å². The monoisotopic (exact) mass is 259 g/mol. The van der Waals surface area contributed by atoms with Crippen molar-refractivity contribution in [2.45, 2.75) is 72.1 Å². The summed E-state index contributed by atoms with van der Waals surface area (Å²) in [6.07, 6.45) is 9.49. The van der Waals surface area contributed by atoms with Gasteiger partial charge in [0.25, 0.3) is 0 Å². The molecule has 0 amide bonds. The molecule has 0 spiro atoms. The first-order chi connectivity index (χ1) is 8.96. The zero-order valence-corrected chi connectivity index (χ0v) is 13.0. The molecule has 0 aliphatic heterocycles. The van der Waals surface area contributed by atoms with Gasteiger partial charge in [-0.3, -0.25) is 0 Å². The molecule has 2 aliphatic carbocycles. The molecule has 1 heteroatoms. The summed E-state index contributed by atoms with van der Waals surface area (Å²) in [6.45, 7) is 11.2. The van der Waals surface area contributed by atoms with Crippen molar-refractivity contribution in [2.75, 3.05) is 0 Å². The minimum absolute atomic E-state index is 0.106. The number of hydrogen-bond donors (Lipinski definition) is 0. The summed E-state index contributed by atoms with van der Waals surface area (Å²) in [6, 6.07) is 2.72. The Labute approximate surface area is 119 Å². The van der Waals surface area contributed by atoms with Crippen LogP contribution in [0.15, 0.2) is 12.2 Å². The molecule has 0 aromatic carbocycles. The molecule has 2 saturated carbocycles. The van der Waals surface area contributed by atoms with Gasteiger partial charge < -0.3 is 0 Å². The fraction of sp³-hybridized carbons (Fsp3) is 0.833. The van der Waals surface area contributed by atoms with Crippen molar-refractivity contribution in [1.82, 2.24) is 0 Å². The van der Waals surface area contributed by atoms with Crippen LogP contribution in [0.2, 0.25) is 0 Å². The van der Waals surface area contributed by atoms with Crippen molar-refractivity contribution in [3.05, 3.63) is 12.2 Å². The van der Waals surface area contributed by atoms with Crippen molar-refractivity contribution in [3.63, 3.8) is 0 Å². The molecule has 0 heterocycles. The molecule has 0 saturated heterocycles. The molecule has 4 atom stereocenters. The maximum Gasteiger partial charge on any atom is 0.0698 e. The van der Waals surface area contributed by atoms with E-state index < -0.39 is 0 Å². The Bertz CT molecular complexity index is 391. The fourth-order valence-electron chi connectivity index (χ4n) is 4.63. The Hall–Kier alpha value is -0.770. The van der Waals surface area contributed by atoms with Crippen molar-refractivity contribution in [1.29, 1.82) is 5.26 Å². The maximum absolute atomic E-state index is 9.80. The highest BCUT2D eigenvalue weighted by Gasteiger charge is 2.54. The van der Waals surface area contributed by atoms with Gasteiger partial charge in [0.05, 0.1) is 11.5 Å². The highest BCUT2D eigenvalue weighted by molar-refractivity contribution is 5.21. The molecule has 0 aromatic heterocycles. The van der Waals surface area contributed by atoms with Crippen LogP contribution in [-0.2, 0) is 0 Å². The van der Waals surface area contributed by atoms with Gasteiger partial charge in [-0.25, -0.2) is 0 Å². The summed E-state index contributed by atoms with van der Waals surface area (Å²) < 4.78 is 0. The smallest absolute Gasteiger partial charge is 0.0698 e. The van der Waals surface area contributed by atoms with E-state index >= 15 is 0 Å². The number of fused-ring (bicyclic) bond motifs is 1. The normalized spacial score (nSPS) is 40.3. The SMILES string of the molecule is C=C1CC[C@]2(C)CC(C(C)CCC)CC[C@]2(C#N)C1. The predicted molar refractivity (Wildman–Crippen MR) is 80.6 cm³/mol. The molecule has 0 radical (unpaired) electrons. The minimum Gasteiger partial charge on any atom is -0.198 e. The Morgan fingerprint density at radius 3 is 2.84 bits per heavy atom. The first-order valence-corrected chi connectivity index (χ1v) is 8.04. The molecule has 2 aliphatic rings. The predicted octanol–water partition coefficient (Wildman–Crippen LogP) is 5.48. The average molecular weight is 259 g/mol. The number of nitriles is 1. The van der Waals surface area contributed by atoms with Crippen LogP contribution in [0.4, 0.5) is 0 Å². The second kappa shape index (κ2) is 5.31. The first-order valence-electron chi connectivity index (χ1n) is 8.04. The zero-order valence-electron chi connectivity index (χ0n) is 13.0. The van der Waals surface area contributed by atoms with Crippen LogP contribution in [0.1, 0.15) is 72.1 Å². The second-order valence-electron chi connectivity index (χ2n) is 7.45. The van der Waals surface area contributed by atoms with E-state index in [0.717, 1.165) is 31.1 Å². The third kappa shape index (κ3) is 2.47. The van der Waals surface area contributed by atoms with Crippen molar-refractivity contribution < 1.29 is 0 Å². The van der Waals surface area contributed by atoms with E-state index in [4.69, 9.17) is 0 Å². The Kier molecular flexibility index (Phi) is 4.09. The Morgan fingerprint density at radius 2 is 2.21 bits per heavy atom. The van der Waals surface area contributed by atoms with E-state index in [2.05, 4.69) is 33.4 Å². The highest BCUT2D eigenvalue weighted by atomic mass is 14.6. The number of nitrogens with zero attached hydrogens (tertiary/aromatic N) is 1. The molecule has 0 aromatic rings. The lowest BCUT2D eigenvalue weighted by Crippen LogP contribution is -2.47. The second-order valence-corrected chi connectivity index (χ2v) is 7.45. The van der Waals surface area contributed by atoms with Crippen LogP contribution < -0.4 is 0 Å². The van der Waals surface area contributed by atoms with Gasteiger partial charge in [-0.1, -0.05) is 45.8 Å². The van der Waals surface area contributed by atoms with Gasteiger partial charge in [0.2, 0.25) is 0 Å². The van der Waals surface area contributed by atoms with Crippen LogP contribution in [-0.4, -0.2) is 0 Å². The Morgan fingerprint density at radius 1 is 1.47 bits per heavy atom. The van der Waals surface area contributed by atoms with Gasteiger partial charge in [-0.2, -0.15) is 5.26 Å². The van der Waals surface area contributed by atoms with Crippen LogP contribution in [0.5, 0.6) is 0 Å². The highest BCUT2D eigenvalue weighted by Crippen LogP contribution is 2.61. The molecule has 1 nitrogen and oxygen atoms in total. The molecule has 0 N–H and O–H groups in total. The Balaban J connectivity index is 2.18. The lowest BCUT2D eigenvalue weighted by Gasteiger charge is -2.54. The van der Waals surface area contributed by atoms with E-state index in [9.17, 15) is 5.26 Å². The standard InChI is InChI=1S/C18H29N/c1-5-6-15(3)16-8-10-18(13-19)11-14(2)7-9-17(18,4)12-16/h15-16H,2,5-12H2,1,3-4H3/t15?,16?,17-,18-/m1/s1. The third-order valence-electron chi connectivity index (χ3n) is 6.15. The quantitative estimate of drug-likeness (QED) is 0.616. The van der Waals surface area contributed by atoms with Gasteiger partial charge in [0, 0.05) is 0 Å². The topological polar surface area (TPSA) is 23.8 Å². The number of rotatable bonds is 3. The maximum atomic E-state index is 9.80. The molecule has 19 heavy (non-hydrogen) atoms. The lowest BCUT2D eigenvalue weighted by molar-refractivity contribution is -0.0172.